The van der Waals surface area contributed by atoms with Crippen LogP contribution in [-0.4, -0.2) is 30.0 Å². The van der Waals surface area contributed by atoms with Crippen LogP contribution in [0.15, 0.2) is 27.1 Å². The molecule has 1 amide bonds. The molecule has 0 saturated heterocycles. The topological polar surface area (TPSA) is 53.3 Å². The van der Waals surface area contributed by atoms with Gasteiger partial charge < -0.3 is 9.64 Å². The number of benzene rings is 1. The van der Waals surface area contributed by atoms with E-state index in [1.807, 2.05) is 18.2 Å². The van der Waals surface area contributed by atoms with E-state index in [9.17, 15) is 10.1 Å². The molecule has 6 heteroatoms. The molecule has 0 aliphatic heterocycles. The van der Waals surface area contributed by atoms with Gasteiger partial charge in [-0.1, -0.05) is 25.3 Å². The molecule has 1 aliphatic carbocycles. The third-order valence-electron chi connectivity index (χ3n) is 4.16. The first kappa shape index (κ1) is 17.3. The second kappa shape index (κ2) is 7.47. The van der Waals surface area contributed by atoms with Gasteiger partial charge in [0.15, 0.2) is 6.61 Å². The van der Waals surface area contributed by atoms with Crippen molar-refractivity contribution in [2.24, 2.45) is 0 Å². The van der Waals surface area contributed by atoms with Gasteiger partial charge in [0.1, 0.15) is 11.3 Å². The van der Waals surface area contributed by atoms with Gasteiger partial charge in [0.2, 0.25) is 0 Å². The van der Waals surface area contributed by atoms with E-state index in [1.165, 1.54) is 0 Å². The monoisotopic (exact) mass is 428 g/mol. The molecular weight excluding hydrogens is 412 g/mol. The van der Waals surface area contributed by atoms with E-state index in [1.54, 1.807) is 11.9 Å². The lowest BCUT2D eigenvalue weighted by Gasteiger charge is -2.38. The Labute approximate surface area is 147 Å². The SMILES string of the molecule is CN(C(=O)COc1c(Br)cccc1Br)C1(C#N)CCCCC1. The highest BCUT2D eigenvalue weighted by Crippen LogP contribution is 2.34. The third kappa shape index (κ3) is 3.64. The molecule has 0 N–H and O–H groups in total. The fourth-order valence-electron chi connectivity index (χ4n) is 2.75. The van der Waals surface area contributed by atoms with Crippen LogP contribution in [0.2, 0.25) is 0 Å². The fraction of sp³-hybridized carbons (Fsp3) is 0.500. The first-order valence-electron chi connectivity index (χ1n) is 7.25. The van der Waals surface area contributed by atoms with E-state index in [2.05, 4.69) is 37.9 Å². The number of hydrogen-bond acceptors (Lipinski definition) is 3. The Morgan fingerprint density at radius 2 is 1.91 bits per heavy atom. The van der Waals surface area contributed by atoms with Crippen molar-refractivity contribution in [3.05, 3.63) is 27.1 Å². The molecule has 0 bridgehead atoms. The first-order valence-corrected chi connectivity index (χ1v) is 8.83. The maximum Gasteiger partial charge on any atom is 0.261 e. The molecule has 1 aromatic rings. The summed E-state index contributed by atoms with van der Waals surface area (Å²) in [4.78, 5) is 14.0. The maximum atomic E-state index is 12.4. The van der Waals surface area contributed by atoms with Crippen LogP contribution < -0.4 is 4.74 Å². The van der Waals surface area contributed by atoms with Gasteiger partial charge in [-0.15, -0.1) is 0 Å². The summed E-state index contributed by atoms with van der Waals surface area (Å²) in [5.74, 6) is 0.421. The molecule has 1 fully saturated rings. The van der Waals surface area contributed by atoms with Gasteiger partial charge in [-0.25, -0.2) is 0 Å². The number of halogens is 2. The molecule has 0 heterocycles. The lowest BCUT2D eigenvalue weighted by molar-refractivity contribution is -0.137. The molecule has 0 aromatic heterocycles. The van der Waals surface area contributed by atoms with Crippen molar-refractivity contribution >= 4 is 37.8 Å². The fourth-order valence-corrected chi connectivity index (χ4v) is 3.98. The molecule has 22 heavy (non-hydrogen) atoms. The summed E-state index contributed by atoms with van der Waals surface area (Å²) in [5, 5.41) is 9.53. The van der Waals surface area contributed by atoms with Crippen LogP contribution in [0.25, 0.3) is 0 Å². The predicted octanol–water partition coefficient (Wildman–Crippen LogP) is 4.28. The molecule has 0 unspecified atom stereocenters. The highest BCUT2D eigenvalue weighted by Gasteiger charge is 2.38. The lowest BCUT2D eigenvalue weighted by Crippen LogP contribution is -2.51. The van der Waals surface area contributed by atoms with E-state index in [0.717, 1.165) is 41.0 Å². The first-order chi connectivity index (χ1) is 10.5. The zero-order chi connectivity index (χ0) is 16.2. The summed E-state index contributed by atoms with van der Waals surface area (Å²) in [6, 6.07) is 7.93. The van der Waals surface area contributed by atoms with Gasteiger partial charge in [-0.2, -0.15) is 5.26 Å². The average Bonchev–Trinajstić information content (AvgIpc) is 2.54. The number of likely N-dealkylation sites (N-methyl/N-ethyl adjacent to an activating group) is 1. The summed E-state index contributed by atoms with van der Waals surface area (Å²) in [5.41, 5.74) is -0.677. The normalized spacial score (nSPS) is 16.6. The van der Waals surface area contributed by atoms with Crippen molar-refractivity contribution in [2.45, 2.75) is 37.6 Å². The van der Waals surface area contributed by atoms with Crippen LogP contribution in [0.1, 0.15) is 32.1 Å². The summed E-state index contributed by atoms with van der Waals surface area (Å²) in [6.07, 6.45) is 4.59. The number of carbonyl (C=O) groups is 1. The highest BCUT2D eigenvalue weighted by atomic mass is 79.9. The van der Waals surface area contributed by atoms with Gasteiger partial charge in [0, 0.05) is 7.05 Å². The molecule has 1 aromatic carbocycles. The van der Waals surface area contributed by atoms with E-state index in [-0.39, 0.29) is 12.5 Å². The quantitative estimate of drug-likeness (QED) is 0.717. The van der Waals surface area contributed by atoms with Gasteiger partial charge >= 0.3 is 0 Å². The number of para-hydroxylation sites is 1. The lowest BCUT2D eigenvalue weighted by atomic mass is 9.81. The van der Waals surface area contributed by atoms with Crippen LogP contribution in [0.4, 0.5) is 0 Å². The minimum absolute atomic E-state index is 0.0822. The Balaban J connectivity index is 2.04. The van der Waals surface area contributed by atoms with E-state index in [0.29, 0.717) is 5.75 Å². The molecule has 1 saturated carbocycles. The van der Waals surface area contributed by atoms with E-state index in [4.69, 9.17) is 4.74 Å². The minimum atomic E-state index is -0.677. The van der Waals surface area contributed by atoms with Gasteiger partial charge in [-0.3, -0.25) is 4.79 Å². The number of nitriles is 1. The van der Waals surface area contributed by atoms with E-state index < -0.39 is 5.54 Å². The Bertz CT molecular complexity index is 572. The number of nitrogens with zero attached hydrogens (tertiary/aromatic N) is 2. The number of hydrogen-bond donors (Lipinski definition) is 0. The summed E-state index contributed by atoms with van der Waals surface area (Å²) in [7, 11) is 1.70. The smallest absolute Gasteiger partial charge is 0.261 e. The van der Waals surface area contributed by atoms with Crippen molar-refractivity contribution in [3.63, 3.8) is 0 Å². The highest BCUT2D eigenvalue weighted by molar-refractivity contribution is 9.11. The van der Waals surface area contributed by atoms with Crippen LogP contribution in [0, 0.1) is 11.3 Å². The number of ether oxygens (including phenoxy) is 1. The molecule has 118 valence electrons. The van der Waals surface area contributed by atoms with Crippen LogP contribution in [0.3, 0.4) is 0 Å². The molecule has 1 aliphatic rings. The average molecular weight is 430 g/mol. The van der Waals surface area contributed by atoms with Crippen LogP contribution >= 0.6 is 31.9 Å². The second-order valence-corrected chi connectivity index (χ2v) is 7.20. The maximum absolute atomic E-state index is 12.4. The molecule has 0 radical (unpaired) electrons. The Kier molecular flexibility index (Phi) is 5.87. The molecule has 0 atom stereocenters. The van der Waals surface area contributed by atoms with Crippen molar-refractivity contribution in [1.82, 2.24) is 4.90 Å². The van der Waals surface area contributed by atoms with Gasteiger partial charge in [0.05, 0.1) is 15.0 Å². The number of amides is 1. The molecule has 2 rings (SSSR count). The summed E-state index contributed by atoms with van der Waals surface area (Å²) in [6.45, 7) is -0.0822. The summed E-state index contributed by atoms with van der Waals surface area (Å²) < 4.78 is 7.20. The number of rotatable bonds is 4. The van der Waals surface area contributed by atoms with Crippen molar-refractivity contribution in [3.8, 4) is 11.8 Å². The van der Waals surface area contributed by atoms with Gasteiger partial charge in [-0.05, 0) is 56.8 Å². The Hall–Kier alpha value is -1.06. The van der Waals surface area contributed by atoms with Crippen molar-refractivity contribution in [2.75, 3.05) is 13.7 Å². The summed E-state index contributed by atoms with van der Waals surface area (Å²) >= 11 is 6.81. The van der Waals surface area contributed by atoms with Crippen LogP contribution in [-0.2, 0) is 4.79 Å². The standard InChI is InChI=1S/C16H18Br2N2O2/c1-20(16(11-19)8-3-2-4-9-16)14(21)10-22-15-12(17)6-5-7-13(15)18/h5-7H,2-4,8-10H2,1H3. The third-order valence-corrected chi connectivity index (χ3v) is 5.41. The number of carbonyl (C=O) groups excluding carboxylic acids is 1. The van der Waals surface area contributed by atoms with Crippen molar-refractivity contribution < 1.29 is 9.53 Å². The minimum Gasteiger partial charge on any atom is -0.481 e. The zero-order valence-electron chi connectivity index (χ0n) is 12.4. The zero-order valence-corrected chi connectivity index (χ0v) is 15.6. The largest absolute Gasteiger partial charge is 0.481 e. The van der Waals surface area contributed by atoms with Crippen LogP contribution in [0.5, 0.6) is 5.75 Å². The Morgan fingerprint density at radius 1 is 1.32 bits per heavy atom. The van der Waals surface area contributed by atoms with E-state index >= 15 is 0 Å². The second-order valence-electron chi connectivity index (χ2n) is 5.50. The Morgan fingerprint density at radius 3 is 2.45 bits per heavy atom. The molecular formula is C16H18Br2N2O2. The molecule has 0 spiro atoms. The van der Waals surface area contributed by atoms with Crippen molar-refractivity contribution in [1.29, 1.82) is 5.26 Å². The molecule has 4 nitrogen and oxygen atoms in total. The predicted molar refractivity (Wildman–Crippen MR) is 91.5 cm³/mol. The van der Waals surface area contributed by atoms with Gasteiger partial charge in [0.25, 0.3) is 5.91 Å².